The number of hydrogen-bond acceptors (Lipinski definition) is 5. The maximum absolute atomic E-state index is 12.3. The molecule has 1 fully saturated rings. The largest absolute Gasteiger partial charge is 0.378 e. The van der Waals surface area contributed by atoms with Gasteiger partial charge in [0, 0.05) is 19.6 Å². The number of carbonyl (C=O) groups is 2. The van der Waals surface area contributed by atoms with E-state index >= 15 is 0 Å². The fourth-order valence-electron chi connectivity index (χ4n) is 2.57. The number of ether oxygens (including phenoxy) is 1. The average Bonchev–Trinajstić information content (AvgIpc) is 2.61. The molecule has 3 rings (SSSR count). The molecular weight excluding hydrogens is 296 g/mol. The number of nitrogens with zero attached hydrogens (tertiary/aromatic N) is 2. The number of guanidine groups is 1. The maximum Gasteiger partial charge on any atom is 0.245 e. The Morgan fingerprint density at radius 3 is 2.78 bits per heavy atom. The number of rotatable bonds is 3. The highest BCUT2D eigenvalue weighted by molar-refractivity contribution is 6.03. The van der Waals surface area contributed by atoms with Gasteiger partial charge in [0.1, 0.15) is 6.04 Å². The molecule has 2 amide bonds. The average molecular weight is 316 g/mol. The second-order valence-electron chi connectivity index (χ2n) is 5.52. The van der Waals surface area contributed by atoms with Crippen LogP contribution in [-0.2, 0) is 20.9 Å². The van der Waals surface area contributed by atoms with Crippen molar-refractivity contribution in [1.29, 1.82) is 0 Å². The van der Waals surface area contributed by atoms with Crippen molar-refractivity contribution in [2.75, 3.05) is 26.3 Å². The minimum absolute atomic E-state index is 0.0778. The van der Waals surface area contributed by atoms with Gasteiger partial charge in [0.05, 0.1) is 19.6 Å². The molecule has 7 heteroatoms. The zero-order valence-corrected chi connectivity index (χ0v) is 12.8. The third-order valence-electron chi connectivity index (χ3n) is 3.83. The summed E-state index contributed by atoms with van der Waals surface area (Å²) in [5, 5.41) is 5.59. The van der Waals surface area contributed by atoms with E-state index in [4.69, 9.17) is 4.74 Å². The molecule has 2 aliphatic rings. The summed E-state index contributed by atoms with van der Waals surface area (Å²) in [6, 6.07) is 8.97. The van der Waals surface area contributed by atoms with Crippen LogP contribution in [0.15, 0.2) is 35.3 Å². The molecule has 0 saturated carbocycles. The summed E-state index contributed by atoms with van der Waals surface area (Å²) >= 11 is 0. The molecular formula is C16H20N4O3. The summed E-state index contributed by atoms with van der Waals surface area (Å²) in [7, 11) is 0. The third kappa shape index (κ3) is 4.07. The van der Waals surface area contributed by atoms with Crippen LogP contribution in [0.5, 0.6) is 0 Å². The lowest BCUT2D eigenvalue weighted by molar-refractivity contribution is -0.127. The normalized spacial score (nSPS) is 21.4. The Bertz CT molecular complexity index is 597. The van der Waals surface area contributed by atoms with Crippen molar-refractivity contribution in [2.45, 2.75) is 19.0 Å². The van der Waals surface area contributed by atoms with Gasteiger partial charge in [-0.2, -0.15) is 0 Å². The number of benzene rings is 1. The van der Waals surface area contributed by atoms with Crippen LogP contribution in [0.2, 0.25) is 0 Å². The maximum atomic E-state index is 12.3. The first-order chi connectivity index (χ1) is 11.2. The quantitative estimate of drug-likeness (QED) is 0.814. The number of aliphatic imine (C=N–C) groups is 1. The Kier molecular flexibility index (Phi) is 4.87. The fourth-order valence-corrected chi connectivity index (χ4v) is 2.57. The topological polar surface area (TPSA) is 83.0 Å². The van der Waals surface area contributed by atoms with Crippen LogP contribution in [-0.4, -0.2) is 55.0 Å². The van der Waals surface area contributed by atoms with Gasteiger partial charge in [0.25, 0.3) is 0 Å². The zero-order chi connectivity index (χ0) is 16.1. The molecule has 2 N–H and O–H groups in total. The second-order valence-corrected chi connectivity index (χ2v) is 5.52. The molecule has 1 aromatic rings. The van der Waals surface area contributed by atoms with Crippen LogP contribution < -0.4 is 10.6 Å². The van der Waals surface area contributed by atoms with Gasteiger partial charge in [-0.05, 0) is 5.56 Å². The van der Waals surface area contributed by atoms with Gasteiger partial charge < -0.3 is 15.0 Å². The van der Waals surface area contributed by atoms with E-state index in [1.54, 1.807) is 0 Å². The van der Waals surface area contributed by atoms with E-state index in [0.29, 0.717) is 38.8 Å². The van der Waals surface area contributed by atoms with Crippen molar-refractivity contribution in [3.63, 3.8) is 0 Å². The second kappa shape index (κ2) is 7.23. The van der Waals surface area contributed by atoms with E-state index in [1.165, 1.54) is 0 Å². The van der Waals surface area contributed by atoms with Gasteiger partial charge in [-0.3, -0.25) is 14.9 Å². The molecule has 0 unspecified atom stereocenters. The Hall–Kier alpha value is -2.41. The predicted molar refractivity (Wildman–Crippen MR) is 84.7 cm³/mol. The molecule has 1 atom stereocenters. The summed E-state index contributed by atoms with van der Waals surface area (Å²) in [4.78, 5) is 30.5. The summed E-state index contributed by atoms with van der Waals surface area (Å²) in [6.45, 7) is 2.95. The van der Waals surface area contributed by atoms with E-state index in [2.05, 4.69) is 15.6 Å². The zero-order valence-electron chi connectivity index (χ0n) is 12.8. The number of nitrogens with one attached hydrogen (secondary N) is 2. The van der Waals surface area contributed by atoms with Crippen molar-refractivity contribution in [1.82, 2.24) is 15.5 Å². The first-order valence-electron chi connectivity index (χ1n) is 7.74. The highest BCUT2D eigenvalue weighted by Crippen LogP contribution is 2.09. The van der Waals surface area contributed by atoms with Gasteiger partial charge in [-0.1, -0.05) is 30.3 Å². The van der Waals surface area contributed by atoms with Gasteiger partial charge >= 0.3 is 0 Å². The summed E-state index contributed by atoms with van der Waals surface area (Å²) in [5.41, 5.74) is 1.01. The number of hydrogen-bond donors (Lipinski definition) is 2. The first-order valence-corrected chi connectivity index (χ1v) is 7.74. The van der Waals surface area contributed by atoms with Crippen LogP contribution in [0.1, 0.15) is 12.0 Å². The number of morpholine rings is 1. The van der Waals surface area contributed by atoms with E-state index in [9.17, 15) is 9.59 Å². The molecule has 7 nitrogen and oxygen atoms in total. The Balaban J connectivity index is 1.63. The third-order valence-corrected chi connectivity index (χ3v) is 3.83. The molecule has 1 aromatic carbocycles. The predicted octanol–water partition coefficient (Wildman–Crippen LogP) is -0.120. The fraction of sp³-hybridized carbons (Fsp3) is 0.438. The molecule has 23 heavy (non-hydrogen) atoms. The molecule has 0 radical (unpaired) electrons. The van der Waals surface area contributed by atoms with Gasteiger partial charge in [-0.25, -0.2) is 4.99 Å². The molecule has 2 aliphatic heterocycles. The van der Waals surface area contributed by atoms with Crippen molar-refractivity contribution in [3.05, 3.63) is 35.9 Å². The molecule has 122 valence electrons. The first kappa shape index (κ1) is 15.5. The van der Waals surface area contributed by atoms with E-state index in [0.717, 1.165) is 5.56 Å². The van der Waals surface area contributed by atoms with Crippen LogP contribution in [0.3, 0.4) is 0 Å². The molecule has 0 spiro atoms. The molecule has 0 aliphatic carbocycles. The number of amides is 2. The Morgan fingerprint density at radius 1 is 1.30 bits per heavy atom. The van der Waals surface area contributed by atoms with E-state index in [1.807, 2.05) is 35.2 Å². The Labute approximate surface area is 134 Å². The minimum Gasteiger partial charge on any atom is -0.378 e. The van der Waals surface area contributed by atoms with Gasteiger partial charge in [0.2, 0.25) is 17.8 Å². The smallest absolute Gasteiger partial charge is 0.245 e. The summed E-state index contributed by atoms with van der Waals surface area (Å²) in [6.07, 6.45) is 0.0778. The van der Waals surface area contributed by atoms with Crippen molar-refractivity contribution in [2.24, 2.45) is 4.99 Å². The van der Waals surface area contributed by atoms with Crippen molar-refractivity contribution in [3.8, 4) is 0 Å². The van der Waals surface area contributed by atoms with Crippen LogP contribution >= 0.6 is 0 Å². The van der Waals surface area contributed by atoms with Crippen LogP contribution in [0, 0.1) is 0 Å². The lowest BCUT2D eigenvalue weighted by Gasteiger charge is -2.32. The monoisotopic (exact) mass is 316 g/mol. The standard InChI is InChI=1S/C16H20N4O3/c21-14-10-13(15(22)17-11-12-4-2-1-3-5-12)18-16(19-14)20-6-8-23-9-7-20/h1-5,13H,6-11H2,(H,17,22)(H,18,19,21)/t13-/m0/s1. The SMILES string of the molecule is O=C1C[C@@H](C(=O)NCc2ccccc2)N=C(N2CCOCC2)N1. The highest BCUT2D eigenvalue weighted by Gasteiger charge is 2.29. The van der Waals surface area contributed by atoms with Crippen molar-refractivity contribution < 1.29 is 14.3 Å². The van der Waals surface area contributed by atoms with Crippen LogP contribution in [0.25, 0.3) is 0 Å². The van der Waals surface area contributed by atoms with E-state index in [-0.39, 0.29) is 18.2 Å². The Morgan fingerprint density at radius 2 is 2.04 bits per heavy atom. The number of carbonyl (C=O) groups excluding carboxylic acids is 2. The molecule has 0 bridgehead atoms. The van der Waals surface area contributed by atoms with Crippen molar-refractivity contribution >= 4 is 17.8 Å². The highest BCUT2D eigenvalue weighted by atomic mass is 16.5. The van der Waals surface area contributed by atoms with Gasteiger partial charge in [0.15, 0.2) is 0 Å². The molecule has 1 saturated heterocycles. The minimum atomic E-state index is -0.676. The molecule has 2 heterocycles. The lowest BCUT2D eigenvalue weighted by Crippen LogP contribution is -2.53. The van der Waals surface area contributed by atoms with E-state index < -0.39 is 6.04 Å². The summed E-state index contributed by atoms with van der Waals surface area (Å²) < 4.78 is 5.29. The lowest BCUT2D eigenvalue weighted by atomic mass is 10.1. The summed E-state index contributed by atoms with van der Waals surface area (Å²) in [5.74, 6) is 0.0697. The molecule has 0 aromatic heterocycles. The van der Waals surface area contributed by atoms with Crippen LogP contribution in [0.4, 0.5) is 0 Å². The van der Waals surface area contributed by atoms with Gasteiger partial charge in [-0.15, -0.1) is 0 Å².